The minimum absolute atomic E-state index is 0.0887. The second-order valence-corrected chi connectivity index (χ2v) is 3.81. The molecule has 0 bridgehead atoms. The Bertz CT molecular complexity index is 124. The van der Waals surface area contributed by atoms with E-state index in [9.17, 15) is 0 Å². The fourth-order valence-electron chi connectivity index (χ4n) is 1.22. The Hall–Kier alpha value is 0.620. The minimum atomic E-state index is -0.458. The number of rotatable bonds is 2. The highest BCUT2D eigenvalue weighted by Gasteiger charge is 2.39. The van der Waals surface area contributed by atoms with E-state index in [0.717, 1.165) is 0 Å². The van der Waals surface area contributed by atoms with Crippen molar-refractivity contribution in [1.29, 1.82) is 0 Å². The highest BCUT2D eigenvalue weighted by Crippen LogP contribution is 2.28. The van der Waals surface area contributed by atoms with E-state index in [-0.39, 0.29) is 12.2 Å². The van der Waals surface area contributed by atoms with E-state index >= 15 is 0 Å². The number of hydrogen-bond acceptors (Lipinski definition) is 4. The summed E-state index contributed by atoms with van der Waals surface area (Å²) >= 11 is 8.34. The van der Waals surface area contributed by atoms with Gasteiger partial charge in [0.05, 0.1) is 12.2 Å². The molecule has 0 aliphatic carbocycles. The van der Waals surface area contributed by atoms with Gasteiger partial charge in [-0.2, -0.15) is 25.3 Å². The molecule has 1 rings (SSSR count). The van der Waals surface area contributed by atoms with Gasteiger partial charge in [-0.1, -0.05) is 0 Å². The van der Waals surface area contributed by atoms with Gasteiger partial charge in [0.2, 0.25) is 0 Å². The summed E-state index contributed by atoms with van der Waals surface area (Å²) in [6.07, 6.45) is 0.177. The third-order valence-corrected chi connectivity index (χ3v) is 2.36. The molecule has 0 aromatic rings. The van der Waals surface area contributed by atoms with E-state index in [2.05, 4.69) is 25.3 Å². The highest BCUT2D eigenvalue weighted by molar-refractivity contribution is 7.80. The molecule has 66 valence electrons. The molecular weight excluding hydrogens is 180 g/mol. The molecule has 2 atom stereocenters. The molecule has 11 heavy (non-hydrogen) atoms. The summed E-state index contributed by atoms with van der Waals surface area (Å²) in [4.78, 5) is 0. The average molecular weight is 194 g/mol. The Morgan fingerprint density at radius 3 is 1.73 bits per heavy atom. The summed E-state index contributed by atoms with van der Waals surface area (Å²) in [5, 5.41) is 0. The van der Waals surface area contributed by atoms with Gasteiger partial charge in [0.1, 0.15) is 0 Å². The zero-order valence-corrected chi connectivity index (χ0v) is 8.57. The van der Waals surface area contributed by atoms with Gasteiger partial charge in [0, 0.05) is 11.5 Å². The maximum absolute atomic E-state index is 5.55. The summed E-state index contributed by atoms with van der Waals surface area (Å²) < 4.78 is 11.1. The summed E-state index contributed by atoms with van der Waals surface area (Å²) in [6.45, 7) is 3.82. The smallest absolute Gasteiger partial charge is 0.163 e. The Morgan fingerprint density at radius 1 is 1.09 bits per heavy atom. The monoisotopic (exact) mass is 194 g/mol. The zero-order chi connectivity index (χ0) is 8.48. The lowest BCUT2D eigenvalue weighted by Gasteiger charge is -2.16. The Kier molecular flexibility index (Phi) is 3.14. The summed E-state index contributed by atoms with van der Waals surface area (Å²) in [5.74, 6) is 0.921. The van der Waals surface area contributed by atoms with Crippen molar-refractivity contribution in [3.8, 4) is 0 Å². The van der Waals surface area contributed by atoms with Crippen molar-refractivity contribution in [2.75, 3.05) is 11.5 Å². The van der Waals surface area contributed by atoms with Crippen LogP contribution in [-0.4, -0.2) is 29.5 Å². The van der Waals surface area contributed by atoms with Crippen molar-refractivity contribution in [1.82, 2.24) is 0 Å². The fraction of sp³-hybridized carbons (Fsp3) is 1.00. The molecule has 0 spiro atoms. The van der Waals surface area contributed by atoms with Gasteiger partial charge in [-0.25, -0.2) is 0 Å². The van der Waals surface area contributed by atoms with Crippen molar-refractivity contribution in [3.63, 3.8) is 0 Å². The summed E-state index contributed by atoms with van der Waals surface area (Å²) in [7, 11) is 0. The number of ether oxygens (including phenoxy) is 2. The van der Waals surface area contributed by atoms with E-state index in [1.807, 2.05) is 13.8 Å². The molecule has 1 aliphatic rings. The van der Waals surface area contributed by atoms with Crippen LogP contribution in [0.1, 0.15) is 13.8 Å². The van der Waals surface area contributed by atoms with Crippen molar-refractivity contribution in [2.24, 2.45) is 0 Å². The lowest BCUT2D eigenvalue weighted by atomic mass is 10.3. The van der Waals surface area contributed by atoms with E-state index in [0.29, 0.717) is 11.5 Å². The van der Waals surface area contributed by atoms with Crippen molar-refractivity contribution >= 4 is 25.3 Å². The summed E-state index contributed by atoms with van der Waals surface area (Å²) in [5.41, 5.74) is 0. The Morgan fingerprint density at radius 2 is 1.45 bits per heavy atom. The molecule has 0 aromatic heterocycles. The Balaban J connectivity index is 2.55. The van der Waals surface area contributed by atoms with Gasteiger partial charge in [-0.3, -0.25) is 0 Å². The molecule has 1 saturated heterocycles. The second kappa shape index (κ2) is 3.56. The number of thiol groups is 2. The predicted octanol–water partition coefficient (Wildman–Crippen LogP) is 1.37. The van der Waals surface area contributed by atoms with Crippen molar-refractivity contribution < 1.29 is 9.47 Å². The highest BCUT2D eigenvalue weighted by atomic mass is 32.1. The van der Waals surface area contributed by atoms with E-state index in [4.69, 9.17) is 9.47 Å². The first-order valence-electron chi connectivity index (χ1n) is 3.66. The summed E-state index contributed by atoms with van der Waals surface area (Å²) in [6, 6.07) is 0. The van der Waals surface area contributed by atoms with Crippen molar-refractivity contribution in [3.05, 3.63) is 0 Å². The van der Waals surface area contributed by atoms with E-state index in [1.54, 1.807) is 0 Å². The molecule has 0 radical (unpaired) electrons. The number of hydrogen-bond donors (Lipinski definition) is 2. The first-order chi connectivity index (χ1) is 5.09. The lowest BCUT2D eigenvalue weighted by Crippen LogP contribution is -2.25. The van der Waals surface area contributed by atoms with Gasteiger partial charge in [-0.05, 0) is 13.8 Å². The van der Waals surface area contributed by atoms with Gasteiger partial charge < -0.3 is 9.47 Å². The van der Waals surface area contributed by atoms with Crippen LogP contribution in [0.2, 0.25) is 0 Å². The van der Waals surface area contributed by atoms with E-state index in [1.165, 1.54) is 0 Å². The van der Waals surface area contributed by atoms with Gasteiger partial charge in [0.15, 0.2) is 5.79 Å². The van der Waals surface area contributed by atoms with Crippen LogP contribution in [0.5, 0.6) is 0 Å². The largest absolute Gasteiger partial charge is 0.344 e. The molecule has 0 amide bonds. The third-order valence-electron chi connectivity index (χ3n) is 1.64. The molecular formula is C7H14O2S2. The van der Waals surface area contributed by atoms with Crippen LogP contribution < -0.4 is 0 Å². The van der Waals surface area contributed by atoms with Crippen LogP contribution in [0.3, 0.4) is 0 Å². The van der Waals surface area contributed by atoms with Gasteiger partial charge in [-0.15, -0.1) is 0 Å². The van der Waals surface area contributed by atoms with Crippen LogP contribution in [0.25, 0.3) is 0 Å². The maximum atomic E-state index is 5.55. The molecule has 2 nitrogen and oxygen atoms in total. The second-order valence-electron chi connectivity index (χ2n) is 3.08. The van der Waals surface area contributed by atoms with Crippen LogP contribution in [-0.2, 0) is 9.47 Å². The normalized spacial score (nSPS) is 36.0. The lowest BCUT2D eigenvalue weighted by molar-refractivity contribution is -0.142. The first-order valence-corrected chi connectivity index (χ1v) is 4.93. The first kappa shape index (κ1) is 9.71. The average Bonchev–Trinajstić information content (AvgIpc) is 2.25. The van der Waals surface area contributed by atoms with E-state index < -0.39 is 5.79 Å². The van der Waals surface area contributed by atoms with Crippen molar-refractivity contribution in [2.45, 2.75) is 31.8 Å². The molecule has 1 aliphatic heterocycles. The van der Waals surface area contributed by atoms with Gasteiger partial charge >= 0.3 is 0 Å². The molecule has 1 heterocycles. The SMILES string of the molecule is CC1(C)O[C@H](CS)[C@@H](CS)O1. The predicted molar refractivity (Wildman–Crippen MR) is 51.5 cm³/mol. The maximum Gasteiger partial charge on any atom is 0.163 e. The topological polar surface area (TPSA) is 18.5 Å². The minimum Gasteiger partial charge on any atom is -0.344 e. The molecule has 0 aromatic carbocycles. The third kappa shape index (κ3) is 2.28. The molecule has 0 saturated carbocycles. The zero-order valence-electron chi connectivity index (χ0n) is 6.78. The Labute approximate surface area is 78.5 Å². The van der Waals surface area contributed by atoms with Crippen LogP contribution >= 0.6 is 25.3 Å². The van der Waals surface area contributed by atoms with Crippen LogP contribution in [0.4, 0.5) is 0 Å². The quantitative estimate of drug-likeness (QED) is 0.647. The van der Waals surface area contributed by atoms with Gasteiger partial charge in [0.25, 0.3) is 0 Å². The van der Waals surface area contributed by atoms with Crippen LogP contribution in [0, 0.1) is 0 Å². The fourth-order valence-corrected chi connectivity index (χ4v) is 1.84. The molecule has 1 fully saturated rings. The standard InChI is InChI=1S/C7H14O2S2/c1-7(2)8-5(3-10)6(4-11)9-7/h5-6,10-11H,3-4H2,1-2H3/t5-,6-/m1/s1. The molecule has 0 N–H and O–H groups in total. The molecule has 4 heteroatoms. The van der Waals surface area contributed by atoms with Crippen LogP contribution in [0.15, 0.2) is 0 Å². The molecule has 0 unspecified atom stereocenters.